The van der Waals surface area contributed by atoms with E-state index in [9.17, 15) is 4.79 Å². The van der Waals surface area contributed by atoms with Crippen LogP contribution >= 0.6 is 11.6 Å². The number of anilines is 1. The molecule has 1 aromatic carbocycles. The zero-order chi connectivity index (χ0) is 13.5. The first kappa shape index (κ1) is 15.0. The molecule has 0 aliphatic rings. The van der Waals surface area contributed by atoms with Gasteiger partial charge in [-0.1, -0.05) is 26.0 Å². The largest absolute Gasteiger partial charge is 0.326 e. The molecule has 0 aliphatic heterocycles. The van der Waals surface area contributed by atoms with Crippen LogP contribution in [0.25, 0.3) is 0 Å². The maximum Gasteiger partial charge on any atom is 0.227 e. The highest BCUT2D eigenvalue weighted by molar-refractivity contribution is 6.20. The monoisotopic (exact) mass is 267 g/mol. The van der Waals surface area contributed by atoms with E-state index in [2.05, 4.69) is 5.32 Å². The maximum absolute atomic E-state index is 11.9. The van der Waals surface area contributed by atoms with Gasteiger partial charge in [0.1, 0.15) is 0 Å². The number of carbonyl (C=O) groups excluding carboxylic acids is 1. The molecule has 1 aromatic rings. The lowest BCUT2D eigenvalue weighted by atomic mass is 10.0. The fourth-order valence-corrected chi connectivity index (χ4v) is 2.13. The fourth-order valence-electron chi connectivity index (χ4n) is 1.95. The van der Waals surface area contributed by atoms with E-state index < -0.39 is 0 Å². The molecule has 0 aromatic heterocycles. The first-order chi connectivity index (χ1) is 8.56. The molecule has 1 rings (SSSR count). The summed E-state index contributed by atoms with van der Waals surface area (Å²) in [5, 5.41) is 3.09. The van der Waals surface area contributed by atoms with Crippen molar-refractivity contribution < 1.29 is 4.79 Å². The molecule has 1 unspecified atom stereocenters. The molecule has 0 aliphatic carbocycles. The van der Waals surface area contributed by atoms with Crippen molar-refractivity contribution in [2.75, 3.05) is 5.32 Å². The van der Waals surface area contributed by atoms with E-state index in [1.54, 1.807) is 0 Å². The topological polar surface area (TPSA) is 29.1 Å². The van der Waals surface area contributed by atoms with Crippen LogP contribution in [0.15, 0.2) is 24.3 Å². The van der Waals surface area contributed by atoms with E-state index >= 15 is 0 Å². The first-order valence-electron chi connectivity index (χ1n) is 6.60. The van der Waals surface area contributed by atoms with Crippen LogP contribution in [0.3, 0.4) is 0 Å². The van der Waals surface area contributed by atoms with Crippen LogP contribution in [0, 0.1) is 5.92 Å². The van der Waals surface area contributed by atoms with E-state index in [-0.39, 0.29) is 17.2 Å². The zero-order valence-corrected chi connectivity index (χ0v) is 12.1. The number of amides is 1. The van der Waals surface area contributed by atoms with Gasteiger partial charge < -0.3 is 5.32 Å². The van der Waals surface area contributed by atoms with Gasteiger partial charge >= 0.3 is 0 Å². The van der Waals surface area contributed by atoms with Crippen LogP contribution in [-0.4, -0.2) is 11.3 Å². The predicted molar refractivity (Wildman–Crippen MR) is 78.2 cm³/mol. The van der Waals surface area contributed by atoms with Crippen LogP contribution in [0.4, 0.5) is 5.69 Å². The zero-order valence-electron chi connectivity index (χ0n) is 11.4. The molecule has 0 spiro atoms. The van der Waals surface area contributed by atoms with Crippen LogP contribution in [-0.2, 0) is 11.2 Å². The molecule has 0 fully saturated rings. The van der Waals surface area contributed by atoms with Gasteiger partial charge in [-0.25, -0.2) is 0 Å². The van der Waals surface area contributed by atoms with Crippen LogP contribution in [0.1, 0.15) is 39.2 Å². The summed E-state index contributed by atoms with van der Waals surface area (Å²) in [6, 6.07) is 7.91. The van der Waals surface area contributed by atoms with Gasteiger partial charge in [-0.15, -0.1) is 11.6 Å². The Balaban J connectivity index is 2.60. The Morgan fingerprint density at radius 1 is 1.22 bits per heavy atom. The molecule has 0 saturated heterocycles. The SMILES string of the molecule is CCC(CC)C(=O)Nc1ccc(CC(C)Cl)cc1. The summed E-state index contributed by atoms with van der Waals surface area (Å²) in [4.78, 5) is 11.9. The quantitative estimate of drug-likeness (QED) is 0.768. The van der Waals surface area contributed by atoms with Crippen LogP contribution in [0.2, 0.25) is 0 Å². The molecule has 18 heavy (non-hydrogen) atoms. The van der Waals surface area contributed by atoms with Gasteiger partial charge in [0.05, 0.1) is 0 Å². The average molecular weight is 268 g/mol. The summed E-state index contributed by atoms with van der Waals surface area (Å²) in [7, 11) is 0. The summed E-state index contributed by atoms with van der Waals surface area (Å²) in [6.45, 7) is 6.06. The van der Waals surface area contributed by atoms with Crippen molar-refractivity contribution in [3.63, 3.8) is 0 Å². The van der Waals surface area contributed by atoms with Crippen molar-refractivity contribution in [1.29, 1.82) is 0 Å². The Kier molecular flexibility index (Phi) is 6.20. The summed E-state index contributed by atoms with van der Waals surface area (Å²) in [5.41, 5.74) is 2.05. The Morgan fingerprint density at radius 3 is 2.22 bits per heavy atom. The molecule has 1 N–H and O–H groups in total. The van der Waals surface area contributed by atoms with E-state index in [0.717, 1.165) is 24.9 Å². The normalized spacial score (nSPS) is 12.5. The molecule has 0 heterocycles. The third-order valence-electron chi connectivity index (χ3n) is 3.09. The summed E-state index contributed by atoms with van der Waals surface area (Å²) >= 11 is 5.95. The fraction of sp³-hybridized carbons (Fsp3) is 0.533. The molecular formula is C15H22ClNO. The van der Waals surface area contributed by atoms with Gasteiger partial charge in [-0.2, -0.15) is 0 Å². The van der Waals surface area contributed by atoms with Crippen molar-refractivity contribution in [1.82, 2.24) is 0 Å². The highest BCUT2D eigenvalue weighted by Crippen LogP contribution is 2.15. The molecule has 0 saturated carbocycles. The van der Waals surface area contributed by atoms with Crippen molar-refractivity contribution in [2.24, 2.45) is 5.92 Å². The van der Waals surface area contributed by atoms with Gasteiger partial charge in [-0.05, 0) is 43.9 Å². The third kappa shape index (κ3) is 4.69. The summed E-state index contributed by atoms with van der Waals surface area (Å²) in [6.07, 6.45) is 2.61. The highest BCUT2D eigenvalue weighted by atomic mass is 35.5. The van der Waals surface area contributed by atoms with Crippen molar-refractivity contribution in [3.8, 4) is 0 Å². The Labute approximate surface area is 115 Å². The smallest absolute Gasteiger partial charge is 0.227 e. The number of hydrogen-bond donors (Lipinski definition) is 1. The second kappa shape index (κ2) is 7.42. The average Bonchev–Trinajstić information content (AvgIpc) is 2.32. The minimum atomic E-state index is 0.104. The van der Waals surface area contributed by atoms with Crippen molar-refractivity contribution in [3.05, 3.63) is 29.8 Å². The number of benzene rings is 1. The van der Waals surface area contributed by atoms with Gasteiger partial charge in [0.2, 0.25) is 5.91 Å². The van der Waals surface area contributed by atoms with Crippen molar-refractivity contribution >= 4 is 23.2 Å². The van der Waals surface area contributed by atoms with E-state index in [1.807, 2.05) is 45.0 Å². The Morgan fingerprint density at radius 2 is 1.78 bits per heavy atom. The number of alkyl halides is 1. The molecule has 1 amide bonds. The standard InChI is InChI=1S/C15H22ClNO/c1-4-13(5-2)15(18)17-14-8-6-12(7-9-14)10-11(3)16/h6-9,11,13H,4-5,10H2,1-3H3,(H,17,18). The number of hydrogen-bond acceptors (Lipinski definition) is 1. The van der Waals surface area contributed by atoms with E-state index in [0.29, 0.717) is 0 Å². The lowest BCUT2D eigenvalue weighted by molar-refractivity contribution is -0.120. The van der Waals surface area contributed by atoms with Gasteiger partial charge in [-0.3, -0.25) is 4.79 Å². The number of halogens is 1. The Bertz CT molecular complexity index is 369. The minimum absolute atomic E-state index is 0.104. The van der Waals surface area contributed by atoms with Crippen LogP contribution in [0.5, 0.6) is 0 Å². The third-order valence-corrected chi connectivity index (χ3v) is 3.25. The highest BCUT2D eigenvalue weighted by Gasteiger charge is 2.13. The molecule has 0 bridgehead atoms. The lowest BCUT2D eigenvalue weighted by Gasteiger charge is -2.13. The number of nitrogens with one attached hydrogen (secondary N) is 1. The lowest BCUT2D eigenvalue weighted by Crippen LogP contribution is -2.21. The van der Waals surface area contributed by atoms with Gasteiger partial charge in [0.15, 0.2) is 0 Å². The van der Waals surface area contributed by atoms with Gasteiger partial charge in [0, 0.05) is 17.0 Å². The van der Waals surface area contributed by atoms with E-state index in [4.69, 9.17) is 11.6 Å². The minimum Gasteiger partial charge on any atom is -0.326 e. The predicted octanol–water partition coefficient (Wildman–Crippen LogP) is 4.23. The van der Waals surface area contributed by atoms with E-state index in [1.165, 1.54) is 5.56 Å². The summed E-state index contributed by atoms with van der Waals surface area (Å²) in [5.74, 6) is 0.214. The molecule has 0 radical (unpaired) electrons. The Hall–Kier alpha value is -1.02. The maximum atomic E-state index is 11.9. The van der Waals surface area contributed by atoms with Gasteiger partial charge in [0.25, 0.3) is 0 Å². The second-order valence-electron chi connectivity index (χ2n) is 4.68. The molecule has 3 heteroatoms. The molecule has 1 atom stereocenters. The van der Waals surface area contributed by atoms with Crippen LogP contribution < -0.4 is 5.32 Å². The number of rotatable bonds is 6. The van der Waals surface area contributed by atoms with Crippen molar-refractivity contribution in [2.45, 2.75) is 45.4 Å². The second-order valence-corrected chi connectivity index (χ2v) is 5.43. The molecular weight excluding hydrogens is 246 g/mol. The molecule has 100 valence electrons. The first-order valence-corrected chi connectivity index (χ1v) is 7.04. The summed E-state index contributed by atoms with van der Waals surface area (Å²) < 4.78 is 0. The number of carbonyl (C=O) groups is 1. The molecule has 2 nitrogen and oxygen atoms in total.